The lowest BCUT2D eigenvalue weighted by molar-refractivity contribution is 0.0196. The van der Waals surface area contributed by atoms with Crippen LogP contribution in [0.4, 0.5) is 0 Å². The molecule has 0 saturated carbocycles. The van der Waals surface area contributed by atoms with E-state index in [1.54, 1.807) is 0 Å². The molecule has 0 aliphatic rings. The summed E-state index contributed by atoms with van der Waals surface area (Å²) in [5.41, 5.74) is 0.0239. The molecule has 2 nitrogen and oxygen atoms in total. The van der Waals surface area contributed by atoms with Crippen molar-refractivity contribution < 1.29 is 8.85 Å². The fourth-order valence-electron chi connectivity index (χ4n) is 2.88. The zero-order valence-corrected chi connectivity index (χ0v) is 14.5. The van der Waals surface area contributed by atoms with Crippen LogP contribution in [0.3, 0.4) is 0 Å². The molecular formula is C15H34O2Si. The van der Waals surface area contributed by atoms with Gasteiger partial charge in [0, 0.05) is 6.61 Å². The van der Waals surface area contributed by atoms with Gasteiger partial charge >= 0.3 is 8.56 Å². The zero-order chi connectivity index (χ0) is 14.1. The molecule has 0 rings (SSSR count). The first kappa shape index (κ1) is 18.1. The largest absolute Gasteiger partial charge is 0.394 e. The second-order valence-corrected chi connectivity index (χ2v) is 9.02. The van der Waals surface area contributed by atoms with Crippen LogP contribution in [0.5, 0.6) is 0 Å². The van der Waals surface area contributed by atoms with E-state index < -0.39 is 8.56 Å². The Morgan fingerprint density at radius 2 is 1.44 bits per heavy atom. The van der Waals surface area contributed by atoms with Crippen molar-refractivity contribution in [1.82, 2.24) is 0 Å². The van der Waals surface area contributed by atoms with Crippen LogP contribution in [0.15, 0.2) is 0 Å². The highest BCUT2D eigenvalue weighted by Gasteiger charge is 2.41. The first-order chi connectivity index (χ1) is 8.51. The standard InChI is InChI=1S/C15H34O2Si/c1-7-12-15(6,13-8-2)17-18(11-5,14-9-3)16-10-4/h7-14H2,1-6H3. The van der Waals surface area contributed by atoms with Crippen LogP contribution in [-0.4, -0.2) is 20.8 Å². The molecule has 0 spiro atoms. The lowest BCUT2D eigenvalue weighted by Crippen LogP contribution is -2.49. The van der Waals surface area contributed by atoms with Gasteiger partial charge in [0.1, 0.15) is 0 Å². The maximum atomic E-state index is 6.65. The van der Waals surface area contributed by atoms with Gasteiger partial charge < -0.3 is 8.85 Å². The van der Waals surface area contributed by atoms with Crippen LogP contribution in [0, 0.1) is 0 Å². The molecule has 0 bridgehead atoms. The third-order valence-corrected chi connectivity index (χ3v) is 7.59. The van der Waals surface area contributed by atoms with Crippen LogP contribution in [0.2, 0.25) is 12.1 Å². The molecule has 0 heterocycles. The van der Waals surface area contributed by atoms with E-state index in [-0.39, 0.29) is 5.60 Å². The Morgan fingerprint density at radius 3 is 1.78 bits per heavy atom. The Labute approximate surface area is 116 Å². The molecule has 0 amide bonds. The van der Waals surface area contributed by atoms with E-state index in [0.717, 1.165) is 38.0 Å². The molecule has 0 fully saturated rings. The van der Waals surface area contributed by atoms with Crippen molar-refractivity contribution >= 4 is 8.56 Å². The van der Waals surface area contributed by atoms with Crippen molar-refractivity contribution in [1.29, 1.82) is 0 Å². The second kappa shape index (κ2) is 9.11. The molecule has 1 atom stereocenters. The van der Waals surface area contributed by atoms with Gasteiger partial charge in [0.15, 0.2) is 0 Å². The van der Waals surface area contributed by atoms with Gasteiger partial charge in [0.05, 0.1) is 5.60 Å². The summed E-state index contributed by atoms with van der Waals surface area (Å²) in [6.45, 7) is 14.1. The number of hydrogen-bond acceptors (Lipinski definition) is 2. The number of hydrogen-bond donors (Lipinski definition) is 0. The average Bonchev–Trinajstić information content (AvgIpc) is 2.30. The maximum absolute atomic E-state index is 6.65. The summed E-state index contributed by atoms with van der Waals surface area (Å²) in [5, 5.41) is 0. The molecule has 0 saturated heterocycles. The van der Waals surface area contributed by atoms with E-state index in [1.807, 2.05) is 0 Å². The first-order valence-electron chi connectivity index (χ1n) is 7.85. The minimum atomic E-state index is -1.98. The molecule has 1 unspecified atom stereocenters. The van der Waals surface area contributed by atoms with E-state index in [0.29, 0.717) is 0 Å². The van der Waals surface area contributed by atoms with Crippen LogP contribution < -0.4 is 0 Å². The highest BCUT2D eigenvalue weighted by atomic mass is 28.4. The normalized spacial score (nSPS) is 15.7. The Bertz CT molecular complexity index is 195. The summed E-state index contributed by atoms with van der Waals surface area (Å²) in [7, 11) is -1.98. The predicted octanol–water partition coefficient (Wildman–Crippen LogP) is 5.27. The van der Waals surface area contributed by atoms with Gasteiger partial charge in [-0.1, -0.05) is 47.0 Å². The van der Waals surface area contributed by atoms with Crippen LogP contribution in [0.1, 0.15) is 73.6 Å². The fraction of sp³-hybridized carbons (Fsp3) is 1.00. The minimum absolute atomic E-state index is 0.0239. The minimum Gasteiger partial charge on any atom is -0.394 e. The fourth-order valence-corrected chi connectivity index (χ4v) is 6.28. The van der Waals surface area contributed by atoms with Crippen LogP contribution in [0.25, 0.3) is 0 Å². The zero-order valence-electron chi connectivity index (χ0n) is 13.5. The molecule has 110 valence electrons. The average molecular weight is 275 g/mol. The van der Waals surface area contributed by atoms with Gasteiger partial charge in [-0.15, -0.1) is 0 Å². The van der Waals surface area contributed by atoms with Gasteiger partial charge in [-0.3, -0.25) is 0 Å². The van der Waals surface area contributed by atoms with Gasteiger partial charge in [-0.2, -0.15) is 0 Å². The van der Waals surface area contributed by atoms with E-state index >= 15 is 0 Å². The summed E-state index contributed by atoms with van der Waals surface area (Å²) in [6.07, 6.45) is 5.82. The summed E-state index contributed by atoms with van der Waals surface area (Å²) in [4.78, 5) is 0. The van der Waals surface area contributed by atoms with E-state index in [9.17, 15) is 0 Å². The molecule has 3 heteroatoms. The highest BCUT2D eigenvalue weighted by molar-refractivity contribution is 6.67. The third kappa shape index (κ3) is 5.85. The molecular weight excluding hydrogens is 240 g/mol. The van der Waals surface area contributed by atoms with Crippen molar-refractivity contribution in [2.45, 2.75) is 91.3 Å². The Balaban J connectivity index is 4.87. The van der Waals surface area contributed by atoms with Crippen LogP contribution in [-0.2, 0) is 8.85 Å². The lowest BCUT2D eigenvalue weighted by atomic mass is 9.95. The summed E-state index contributed by atoms with van der Waals surface area (Å²) < 4.78 is 12.8. The molecule has 0 radical (unpaired) electrons. The Hall–Kier alpha value is 0.137. The lowest BCUT2D eigenvalue weighted by Gasteiger charge is -2.40. The molecule has 0 N–H and O–H groups in total. The molecule has 18 heavy (non-hydrogen) atoms. The summed E-state index contributed by atoms with van der Waals surface area (Å²) in [6, 6.07) is 2.19. The van der Waals surface area contributed by atoms with Gasteiger partial charge in [0.25, 0.3) is 0 Å². The van der Waals surface area contributed by atoms with Gasteiger partial charge in [-0.05, 0) is 38.8 Å². The second-order valence-electron chi connectivity index (χ2n) is 5.50. The Morgan fingerprint density at radius 1 is 0.889 bits per heavy atom. The molecule has 0 aliphatic carbocycles. The highest BCUT2D eigenvalue weighted by Crippen LogP contribution is 2.32. The third-order valence-electron chi connectivity index (χ3n) is 3.57. The van der Waals surface area contributed by atoms with Crippen molar-refractivity contribution in [2.24, 2.45) is 0 Å². The first-order valence-corrected chi connectivity index (χ1v) is 10.1. The van der Waals surface area contributed by atoms with Crippen molar-refractivity contribution in [2.75, 3.05) is 6.61 Å². The summed E-state index contributed by atoms with van der Waals surface area (Å²) >= 11 is 0. The molecule has 0 aromatic rings. The molecule has 0 aliphatic heterocycles. The van der Waals surface area contributed by atoms with E-state index in [1.165, 1.54) is 12.8 Å². The van der Waals surface area contributed by atoms with Gasteiger partial charge in [-0.25, -0.2) is 0 Å². The smallest absolute Gasteiger partial charge is 0.338 e. The molecule has 0 aromatic carbocycles. The quantitative estimate of drug-likeness (QED) is 0.478. The monoisotopic (exact) mass is 274 g/mol. The van der Waals surface area contributed by atoms with Crippen LogP contribution >= 0.6 is 0 Å². The van der Waals surface area contributed by atoms with Crippen molar-refractivity contribution in [3.63, 3.8) is 0 Å². The Kier molecular flexibility index (Phi) is 9.18. The van der Waals surface area contributed by atoms with Gasteiger partial charge in [0.2, 0.25) is 0 Å². The van der Waals surface area contributed by atoms with Crippen molar-refractivity contribution in [3.8, 4) is 0 Å². The topological polar surface area (TPSA) is 18.5 Å². The summed E-state index contributed by atoms with van der Waals surface area (Å²) in [5.74, 6) is 0. The SMILES string of the molecule is CCCC(C)(CCC)O[Si](CC)(CCC)OCC. The predicted molar refractivity (Wildman–Crippen MR) is 82.3 cm³/mol. The van der Waals surface area contributed by atoms with E-state index in [4.69, 9.17) is 8.85 Å². The van der Waals surface area contributed by atoms with E-state index in [2.05, 4.69) is 41.5 Å². The molecule has 0 aromatic heterocycles. The van der Waals surface area contributed by atoms with Crippen molar-refractivity contribution in [3.05, 3.63) is 0 Å². The number of rotatable bonds is 11. The maximum Gasteiger partial charge on any atom is 0.338 e.